The molecule has 270 valence electrons. The molecule has 0 aliphatic heterocycles. The predicted molar refractivity (Wildman–Crippen MR) is 199 cm³/mol. The SMILES string of the molecule is CSn1ccc(-c2cn([C@H]3CC[C@@H](CN(CCCN(CCc4ccccc4)C(=O)OC(C)(C)C)C(=O)OC(C)(C)C)C3)c3ncnc(N)c23)n1. The van der Waals surface area contributed by atoms with Crippen molar-refractivity contribution in [3.05, 3.63) is 60.7 Å². The highest BCUT2D eigenvalue weighted by atomic mass is 32.2. The number of nitrogens with zero attached hydrogens (tertiary/aromatic N) is 7. The summed E-state index contributed by atoms with van der Waals surface area (Å²) < 4.78 is 15.6. The van der Waals surface area contributed by atoms with Gasteiger partial charge in [-0.05, 0) is 103 Å². The predicted octanol–water partition coefficient (Wildman–Crippen LogP) is 7.45. The molecule has 0 spiro atoms. The summed E-state index contributed by atoms with van der Waals surface area (Å²) in [6.45, 7) is 13.3. The molecule has 1 fully saturated rings. The first-order valence-electron chi connectivity index (χ1n) is 17.4. The van der Waals surface area contributed by atoms with Gasteiger partial charge in [0.05, 0.1) is 11.1 Å². The third kappa shape index (κ3) is 9.70. The number of hydrogen-bond acceptors (Lipinski definition) is 9. The molecule has 0 unspecified atom stereocenters. The number of rotatable bonds is 12. The van der Waals surface area contributed by atoms with E-state index in [1.807, 2.05) is 87.2 Å². The Bertz CT molecular complexity index is 1740. The smallest absolute Gasteiger partial charge is 0.410 e. The van der Waals surface area contributed by atoms with Gasteiger partial charge in [-0.1, -0.05) is 30.3 Å². The zero-order valence-electron chi connectivity index (χ0n) is 30.5. The Balaban J connectivity index is 1.29. The van der Waals surface area contributed by atoms with Gasteiger partial charge in [0.2, 0.25) is 0 Å². The molecule has 1 aliphatic carbocycles. The van der Waals surface area contributed by atoms with Crippen molar-refractivity contribution in [2.45, 2.75) is 90.9 Å². The lowest BCUT2D eigenvalue weighted by Gasteiger charge is -2.31. The Morgan fingerprint density at radius 3 is 2.28 bits per heavy atom. The molecule has 2 N–H and O–H groups in total. The van der Waals surface area contributed by atoms with Crippen LogP contribution in [0.4, 0.5) is 15.4 Å². The quantitative estimate of drug-likeness (QED) is 0.160. The second kappa shape index (κ2) is 15.7. The molecule has 1 saturated carbocycles. The Hall–Kier alpha value is -4.26. The van der Waals surface area contributed by atoms with Crippen LogP contribution >= 0.6 is 11.9 Å². The number of carbonyl (C=O) groups is 2. The number of carbonyl (C=O) groups excluding carboxylic acids is 2. The molecular formula is C37H52N8O4S. The van der Waals surface area contributed by atoms with Crippen LogP contribution in [0.1, 0.15) is 78.8 Å². The van der Waals surface area contributed by atoms with Crippen molar-refractivity contribution >= 4 is 41.0 Å². The van der Waals surface area contributed by atoms with Gasteiger partial charge in [0.15, 0.2) is 0 Å². The first-order valence-corrected chi connectivity index (χ1v) is 18.6. The molecule has 1 aliphatic rings. The van der Waals surface area contributed by atoms with Gasteiger partial charge < -0.3 is 29.6 Å². The normalized spacial score (nSPS) is 16.5. The van der Waals surface area contributed by atoms with Crippen LogP contribution in [-0.4, -0.2) is 89.3 Å². The minimum atomic E-state index is -0.630. The van der Waals surface area contributed by atoms with Crippen LogP contribution in [0.5, 0.6) is 0 Å². The topological polar surface area (TPSA) is 134 Å². The lowest BCUT2D eigenvalue weighted by Crippen LogP contribution is -2.42. The van der Waals surface area contributed by atoms with E-state index in [0.29, 0.717) is 44.8 Å². The Labute approximate surface area is 299 Å². The summed E-state index contributed by atoms with van der Waals surface area (Å²) in [4.78, 5) is 39.3. The number of nitrogen functional groups attached to an aromatic ring is 1. The summed E-state index contributed by atoms with van der Waals surface area (Å²) in [6.07, 6.45) is 10.9. The monoisotopic (exact) mass is 704 g/mol. The van der Waals surface area contributed by atoms with Crippen LogP contribution in [0.15, 0.2) is 55.1 Å². The molecule has 3 aromatic heterocycles. The number of hydrogen-bond donors (Lipinski definition) is 1. The average molecular weight is 705 g/mol. The van der Waals surface area contributed by atoms with E-state index in [2.05, 4.69) is 32.9 Å². The molecule has 5 rings (SSSR count). The molecule has 50 heavy (non-hydrogen) atoms. The van der Waals surface area contributed by atoms with Crippen LogP contribution in [0.2, 0.25) is 0 Å². The molecule has 2 amide bonds. The summed E-state index contributed by atoms with van der Waals surface area (Å²) in [7, 11) is 0. The maximum absolute atomic E-state index is 13.6. The maximum atomic E-state index is 13.6. The molecule has 0 radical (unpaired) electrons. The van der Waals surface area contributed by atoms with E-state index in [1.54, 1.807) is 4.90 Å². The molecule has 4 aromatic rings. The number of anilines is 1. The second-order valence-corrected chi connectivity index (χ2v) is 15.7. The van der Waals surface area contributed by atoms with Crippen LogP contribution in [0.3, 0.4) is 0 Å². The minimum absolute atomic E-state index is 0.175. The highest BCUT2D eigenvalue weighted by Gasteiger charge is 2.33. The fourth-order valence-electron chi connectivity index (χ4n) is 6.48. The summed E-state index contributed by atoms with van der Waals surface area (Å²) in [6, 6.07) is 12.3. The molecule has 13 heteroatoms. The molecule has 0 bridgehead atoms. The number of fused-ring (bicyclic) bond motifs is 1. The van der Waals surface area contributed by atoms with Crippen molar-refractivity contribution in [2.24, 2.45) is 5.92 Å². The van der Waals surface area contributed by atoms with E-state index in [0.717, 1.165) is 47.1 Å². The van der Waals surface area contributed by atoms with Crippen molar-refractivity contribution in [2.75, 3.05) is 38.2 Å². The number of ether oxygens (including phenoxy) is 2. The lowest BCUT2D eigenvalue weighted by atomic mass is 10.1. The fraction of sp³-hybridized carbons (Fsp3) is 0.541. The van der Waals surface area contributed by atoms with Gasteiger partial charge in [0.1, 0.15) is 29.0 Å². The van der Waals surface area contributed by atoms with Crippen LogP contribution in [0, 0.1) is 5.92 Å². The van der Waals surface area contributed by atoms with E-state index < -0.39 is 11.2 Å². The van der Waals surface area contributed by atoms with Gasteiger partial charge in [0, 0.05) is 56.4 Å². The largest absolute Gasteiger partial charge is 0.444 e. The molecule has 1 aromatic carbocycles. The van der Waals surface area contributed by atoms with E-state index in [9.17, 15) is 9.59 Å². The zero-order valence-corrected chi connectivity index (χ0v) is 31.3. The number of nitrogens with two attached hydrogens (primary N) is 1. The summed E-state index contributed by atoms with van der Waals surface area (Å²) >= 11 is 1.52. The Kier molecular flexibility index (Phi) is 11.7. The van der Waals surface area contributed by atoms with Crippen molar-refractivity contribution in [3.8, 4) is 11.3 Å². The number of aromatic nitrogens is 5. The van der Waals surface area contributed by atoms with Gasteiger partial charge in [-0.25, -0.2) is 23.6 Å². The summed E-state index contributed by atoms with van der Waals surface area (Å²) in [5.74, 6) is 0.681. The standard InChI is InChI=1S/C37H52N8O4S/c1-36(2,3)48-34(46)42(20-16-26-12-9-8-10-13-26)18-11-19-43(35(47)49-37(4,5)6)23-27-14-15-28(22-27)44-24-29(30-17-21-45(41-30)50-7)31-32(38)39-25-40-33(31)44/h8-10,12-13,17,21,24-25,27-28H,11,14-16,18-20,22-23H2,1-7H3,(H2,38,39,40)/t27-,28+/m1/s1. The second-order valence-electron chi connectivity index (χ2n) is 15.0. The van der Waals surface area contributed by atoms with Crippen molar-refractivity contribution < 1.29 is 19.1 Å². The Morgan fingerprint density at radius 1 is 0.940 bits per heavy atom. The molecule has 12 nitrogen and oxygen atoms in total. The zero-order chi connectivity index (χ0) is 36.1. The molecule has 0 saturated heterocycles. The highest BCUT2D eigenvalue weighted by Crippen LogP contribution is 2.41. The van der Waals surface area contributed by atoms with Gasteiger partial charge in [-0.15, -0.1) is 0 Å². The maximum Gasteiger partial charge on any atom is 0.410 e. The highest BCUT2D eigenvalue weighted by molar-refractivity contribution is 7.97. The Morgan fingerprint density at radius 2 is 1.62 bits per heavy atom. The minimum Gasteiger partial charge on any atom is -0.444 e. The molecular weight excluding hydrogens is 653 g/mol. The van der Waals surface area contributed by atoms with E-state index in [1.165, 1.54) is 18.3 Å². The third-order valence-electron chi connectivity index (χ3n) is 8.73. The van der Waals surface area contributed by atoms with Gasteiger partial charge in [0.25, 0.3) is 0 Å². The van der Waals surface area contributed by atoms with Gasteiger partial charge >= 0.3 is 12.2 Å². The number of amides is 2. The van der Waals surface area contributed by atoms with Crippen LogP contribution in [-0.2, 0) is 15.9 Å². The van der Waals surface area contributed by atoms with Gasteiger partial charge in [-0.3, -0.25) is 0 Å². The van der Waals surface area contributed by atoms with E-state index in [-0.39, 0.29) is 24.1 Å². The molecule has 2 atom stereocenters. The van der Waals surface area contributed by atoms with Crippen molar-refractivity contribution in [3.63, 3.8) is 0 Å². The summed E-state index contributed by atoms with van der Waals surface area (Å²) in [5.41, 5.74) is 8.82. The molecule has 3 heterocycles. The third-order valence-corrected chi connectivity index (χ3v) is 9.30. The van der Waals surface area contributed by atoms with E-state index in [4.69, 9.17) is 20.3 Å². The first kappa shape index (κ1) is 37.0. The van der Waals surface area contributed by atoms with Crippen LogP contribution < -0.4 is 5.73 Å². The lowest BCUT2D eigenvalue weighted by molar-refractivity contribution is 0.0186. The first-order chi connectivity index (χ1) is 23.7. The summed E-state index contributed by atoms with van der Waals surface area (Å²) in [5, 5.41) is 5.50. The number of benzene rings is 1. The average Bonchev–Trinajstić information content (AvgIpc) is 3.80. The van der Waals surface area contributed by atoms with Crippen molar-refractivity contribution in [1.29, 1.82) is 0 Å². The van der Waals surface area contributed by atoms with Gasteiger partial charge in [-0.2, -0.15) is 5.10 Å². The van der Waals surface area contributed by atoms with Crippen LogP contribution in [0.25, 0.3) is 22.3 Å². The van der Waals surface area contributed by atoms with E-state index >= 15 is 0 Å². The fourth-order valence-corrected chi connectivity index (χ4v) is 6.83. The van der Waals surface area contributed by atoms with Crippen molar-refractivity contribution in [1.82, 2.24) is 33.5 Å².